The van der Waals surface area contributed by atoms with Crippen LogP contribution in [0.15, 0.2) is 22.7 Å². The van der Waals surface area contributed by atoms with Crippen molar-refractivity contribution >= 4 is 40.7 Å². The SMILES string of the molecule is CC[C@@H](c1cc(F)cc(Br)c1)N1CCNCC1.Cl.Cl. The maximum absolute atomic E-state index is 13.4. The van der Waals surface area contributed by atoms with Crippen LogP contribution in [0.3, 0.4) is 0 Å². The van der Waals surface area contributed by atoms with Crippen molar-refractivity contribution in [3.63, 3.8) is 0 Å². The smallest absolute Gasteiger partial charge is 0.124 e. The minimum absolute atomic E-state index is 0. The van der Waals surface area contributed by atoms with Crippen LogP contribution in [0.2, 0.25) is 0 Å². The first-order valence-electron chi connectivity index (χ1n) is 6.11. The molecule has 1 saturated heterocycles. The quantitative estimate of drug-likeness (QED) is 0.867. The van der Waals surface area contributed by atoms with Crippen molar-refractivity contribution in [2.75, 3.05) is 26.2 Å². The minimum atomic E-state index is -0.164. The molecule has 2 rings (SSSR count). The molecule has 1 heterocycles. The molecule has 0 bridgehead atoms. The Morgan fingerprint density at radius 2 is 1.89 bits per heavy atom. The van der Waals surface area contributed by atoms with E-state index in [0.29, 0.717) is 6.04 Å². The predicted octanol–water partition coefficient (Wildman–Crippen LogP) is 3.79. The van der Waals surface area contributed by atoms with Gasteiger partial charge in [0, 0.05) is 36.7 Å². The van der Waals surface area contributed by atoms with Crippen molar-refractivity contribution in [3.8, 4) is 0 Å². The van der Waals surface area contributed by atoms with Gasteiger partial charge in [-0.25, -0.2) is 4.39 Å². The highest BCUT2D eigenvalue weighted by molar-refractivity contribution is 9.10. The lowest BCUT2D eigenvalue weighted by atomic mass is 10.0. The molecular weight excluding hydrogens is 354 g/mol. The Morgan fingerprint density at radius 1 is 1.26 bits per heavy atom. The first kappa shape index (κ1) is 19.1. The molecule has 1 N–H and O–H groups in total. The predicted molar refractivity (Wildman–Crippen MR) is 86.1 cm³/mol. The van der Waals surface area contributed by atoms with Gasteiger partial charge in [0.15, 0.2) is 0 Å². The summed E-state index contributed by atoms with van der Waals surface area (Å²) < 4.78 is 14.3. The van der Waals surface area contributed by atoms with E-state index >= 15 is 0 Å². The fourth-order valence-electron chi connectivity index (χ4n) is 2.47. The molecule has 1 aliphatic rings. The van der Waals surface area contributed by atoms with Gasteiger partial charge in [-0.1, -0.05) is 22.9 Å². The summed E-state index contributed by atoms with van der Waals surface area (Å²) in [7, 11) is 0. The van der Waals surface area contributed by atoms with Crippen molar-refractivity contribution in [3.05, 3.63) is 34.1 Å². The van der Waals surface area contributed by atoms with E-state index in [4.69, 9.17) is 0 Å². The molecular formula is C13H20BrCl2FN2. The molecule has 6 heteroatoms. The van der Waals surface area contributed by atoms with Crippen molar-refractivity contribution in [1.29, 1.82) is 0 Å². The van der Waals surface area contributed by atoms with Crippen LogP contribution < -0.4 is 5.32 Å². The van der Waals surface area contributed by atoms with Gasteiger partial charge in [-0.15, -0.1) is 24.8 Å². The van der Waals surface area contributed by atoms with Crippen LogP contribution in [-0.2, 0) is 0 Å². The van der Waals surface area contributed by atoms with Gasteiger partial charge in [-0.2, -0.15) is 0 Å². The summed E-state index contributed by atoms with van der Waals surface area (Å²) in [6.45, 7) is 6.27. The molecule has 0 saturated carbocycles. The summed E-state index contributed by atoms with van der Waals surface area (Å²) in [5.74, 6) is -0.164. The summed E-state index contributed by atoms with van der Waals surface area (Å²) in [4.78, 5) is 2.43. The molecule has 2 nitrogen and oxygen atoms in total. The number of hydrogen-bond acceptors (Lipinski definition) is 2. The Bertz CT molecular complexity index is 367. The molecule has 1 aromatic rings. The number of halogens is 4. The fourth-order valence-corrected chi connectivity index (χ4v) is 2.95. The van der Waals surface area contributed by atoms with Gasteiger partial charge in [-0.3, -0.25) is 4.90 Å². The minimum Gasteiger partial charge on any atom is -0.314 e. The number of rotatable bonds is 3. The monoisotopic (exact) mass is 372 g/mol. The number of benzene rings is 1. The van der Waals surface area contributed by atoms with Gasteiger partial charge >= 0.3 is 0 Å². The van der Waals surface area contributed by atoms with Crippen LogP contribution in [0.5, 0.6) is 0 Å². The second-order valence-corrected chi connectivity index (χ2v) is 5.33. The first-order chi connectivity index (χ1) is 8.20. The Labute approximate surface area is 135 Å². The van der Waals surface area contributed by atoms with Crippen molar-refractivity contribution in [1.82, 2.24) is 10.2 Å². The second kappa shape index (κ2) is 9.14. The largest absolute Gasteiger partial charge is 0.314 e. The van der Waals surface area contributed by atoms with E-state index in [9.17, 15) is 4.39 Å². The Morgan fingerprint density at radius 3 is 2.42 bits per heavy atom. The number of piperazine rings is 1. The van der Waals surface area contributed by atoms with E-state index in [0.717, 1.165) is 42.6 Å². The second-order valence-electron chi connectivity index (χ2n) is 4.41. The molecule has 19 heavy (non-hydrogen) atoms. The molecule has 1 aliphatic heterocycles. The van der Waals surface area contributed by atoms with Gasteiger partial charge in [0.05, 0.1) is 0 Å². The molecule has 0 radical (unpaired) electrons. The van der Waals surface area contributed by atoms with E-state index in [-0.39, 0.29) is 30.6 Å². The van der Waals surface area contributed by atoms with E-state index in [1.165, 1.54) is 6.07 Å². The maximum atomic E-state index is 13.4. The van der Waals surface area contributed by atoms with Crippen LogP contribution in [0.25, 0.3) is 0 Å². The zero-order valence-electron chi connectivity index (χ0n) is 10.9. The van der Waals surface area contributed by atoms with Gasteiger partial charge in [0.1, 0.15) is 5.82 Å². The third-order valence-electron chi connectivity index (χ3n) is 3.25. The molecule has 0 spiro atoms. The lowest BCUT2D eigenvalue weighted by Crippen LogP contribution is -2.45. The van der Waals surface area contributed by atoms with Gasteiger partial charge in [-0.05, 0) is 30.2 Å². The number of hydrogen-bond donors (Lipinski definition) is 1. The average molecular weight is 374 g/mol. The molecule has 1 atom stereocenters. The fraction of sp³-hybridized carbons (Fsp3) is 0.538. The summed E-state index contributed by atoms with van der Waals surface area (Å²) in [5, 5.41) is 3.34. The van der Waals surface area contributed by atoms with Crippen LogP contribution in [-0.4, -0.2) is 31.1 Å². The van der Waals surface area contributed by atoms with Crippen LogP contribution >= 0.6 is 40.7 Å². The lowest BCUT2D eigenvalue weighted by molar-refractivity contribution is 0.169. The van der Waals surface area contributed by atoms with E-state index in [2.05, 4.69) is 33.1 Å². The zero-order chi connectivity index (χ0) is 12.3. The van der Waals surface area contributed by atoms with Crippen molar-refractivity contribution < 1.29 is 4.39 Å². The molecule has 0 amide bonds. The Balaban J connectivity index is 0.00000162. The first-order valence-corrected chi connectivity index (χ1v) is 6.90. The molecule has 0 aliphatic carbocycles. The lowest BCUT2D eigenvalue weighted by Gasteiger charge is -2.34. The Hall–Kier alpha value is 0.130. The van der Waals surface area contributed by atoms with Crippen molar-refractivity contribution in [2.24, 2.45) is 0 Å². The summed E-state index contributed by atoms with van der Waals surface area (Å²) in [6.07, 6.45) is 1.01. The molecule has 1 fully saturated rings. The zero-order valence-corrected chi connectivity index (χ0v) is 14.1. The summed E-state index contributed by atoms with van der Waals surface area (Å²) in [6, 6.07) is 5.51. The van der Waals surface area contributed by atoms with Crippen LogP contribution in [0, 0.1) is 5.82 Å². The molecule has 110 valence electrons. The highest BCUT2D eigenvalue weighted by Gasteiger charge is 2.21. The van der Waals surface area contributed by atoms with Gasteiger partial charge in [0.2, 0.25) is 0 Å². The molecule has 0 unspecified atom stereocenters. The topological polar surface area (TPSA) is 15.3 Å². The van der Waals surface area contributed by atoms with Crippen LogP contribution in [0.4, 0.5) is 4.39 Å². The maximum Gasteiger partial charge on any atom is 0.124 e. The molecule has 1 aromatic carbocycles. The molecule has 0 aromatic heterocycles. The third-order valence-corrected chi connectivity index (χ3v) is 3.71. The van der Waals surface area contributed by atoms with Gasteiger partial charge in [0.25, 0.3) is 0 Å². The van der Waals surface area contributed by atoms with Gasteiger partial charge < -0.3 is 5.32 Å². The van der Waals surface area contributed by atoms with Crippen molar-refractivity contribution in [2.45, 2.75) is 19.4 Å². The summed E-state index contributed by atoms with van der Waals surface area (Å²) in [5.41, 5.74) is 1.07. The standard InChI is InChI=1S/C13H18BrFN2.2ClH/c1-2-13(17-5-3-16-4-6-17)10-7-11(14)9-12(15)8-10;;/h7-9,13,16H,2-6H2,1H3;2*1H/t13-;;/m0../s1. The number of nitrogens with one attached hydrogen (secondary N) is 1. The highest BCUT2D eigenvalue weighted by Crippen LogP contribution is 2.27. The highest BCUT2D eigenvalue weighted by atomic mass is 79.9. The van der Waals surface area contributed by atoms with E-state index in [1.807, 2.05) is 6.07 Å². The third kappa shape index (κ3) is 5.20. The van der Waals surface area contributed by atoms with E-state index in [1.54, 1.807) is 6.07 Å². The normalized spacial score (nSPS) is 17.2. The number of nitrogens with zero attached hydrogens (tertiary/aromatic N) is 1. The average Bonchev–Trinajstić information content (AvgIpc) is 2.30. The Kier molecular flexibility index (Phi) is 9.20. The van der Waals surface area contributed by atoms with Crippen LogP contribution in [0.1, 0.15) is 24.9 Å². The summed E-state index contributed by atoms with van der Waals surface area (Å²) >= 11 is 3.36. The van der Waals surface area contributed by atoms with E-state index < -0.39 is 0 Å².